The Bertz CT molecular complexity index is 309. The van der Waals surface area contributed by atoms with Crippen LogP contribution in [0.1, 0.15) is 11.1 Å². The Morgan fingerprint density at radius 1 is 1.31 bits per heavy atom. The van der Waals surface area contributed by atoms with Crippen LogP contribution < -0.4 is 10.1 Å². The Balaban J connectivity index is 2.25. The van der Waals surface area contributed by atoms with E-state index >= 15 is 0 Å². The van der Waals surface area contributed by atoms with Crippen molar-refractivity contribution in [1.82, 2.24) is 5.32 Å². The molecule has 1 N–H and O–H groups in total. The lowest BCUT2D eigenvalue weighted by atomic mass is 10.1. The molecule has 0 saturated carbocycles. The molecule has 0 heterocycles. The molecule has 1 aliphatic rings. The molecule has 0 saturated heterocycles. The van der Waals surface area contributed by atoms with E-state index in [2.05, 4.69) is 17.4 Å². The average Bonchev–Trinajstić information content (AvgIpc) is 2.58. The van der Waals surface area contributed by atoms with Crippen molar-refractivity contribution in [3.05, 3.63) is 29.3 Å². The Kier molecular flexibility index (Phi) is 2.23. The number of hydrogen-bond donors (Lipinski definition) is 1. The number of rotatable bonds is 2. The van der Waals surface area contributed by atoms with Gasteiger partial charge < -0.3 is 10.1 Å². The summed E-state index contributed by atoms with van der Waals surface area (Å²) in [5.41, 5.74) is 2.89. The van der Waals surface area contributed by atoms with E-state index in [4.69, 9.17) is 4.74 Å². The van der Waals surface area contributed by atoms with Crippen molar-refractivity contribution >= 4 is 0 Å². The normalized spacial score (nSPS) is 20.0. The first kappa shape index (κ1) is 8.57. The predicted molar refractivity (Wildman–Crippen MR) is 53.2 cm³/mol. The summed E-state index contributed by atoms with van der Waals surface area (Å²) < 4.78 is 5.19. The van der Waals surface area contributed by atoms with Gasteiger partial charge >= 0.3 is 0 Å². The maximum Gasteiger partial charge on any atom is 0.119 e. The van der Waals surface area contributed by atoms with Gasteiger partial charge in [-0.1, -0.05) is 6.07 Å². The highest BCUT2D eigenvalue weighted by atomic mass is 16.5. The molecule has 1 aromatic rings. The van der Waals surface area contributed by atoms with E-state index in [0.29, 0.717) is 6.04 Å². The van der Waals surface area contributed by atoms with Gasteiger partial charge in [0.15, 0.2) is 0 Å². The third kappa shape index (κ3) is 1.54. The van der Waals surface area contributed by atoms with Crippen LogP contribution in [0.25, 0.3) is 0 Å². The molecule has 0 spiro atoms. The van der Waals surface area contributed by atoms with Gasteiger partial charge in [0, 0.05) is 6.04 Å². The highest BCUT2D eigenvalue weighted by molar-refractivity contribution is 5.39. The lowest BCUT2D eigenvalue weighted by Gasteiger charge is -2.04. The van der Waals surface area contributed by atoms with Crippen LogP contribution in [-0.4, -0.2) is 20.2 Å². The van der Waals surface area contributed by atoms with Gasteiger partial charge in [-0.25, -0.2) is 0 Å². The van der Waals surface area contributed by atoms with Crippen molar-refractivity contribution in [2.75, 3.05) is 14.2 Å². The van der Waals surface area contributed by atoms with E-state index in [9.17, 15) is 0 Å². The molecule has 70 valence electrons. The summed E-state index contributed by atoms with van der Waals surface area (Å²) in [5, 5.41) is 3.31. The minimum absolute atomic E-state index is 0.613. The van der Waals surface area contributed by atoms with Crippen LogP contribution in [-0.2, 0) is 12.8 Å². The summed E-state index contributed by atoms with van der Waals surface area (Å²) in [6.07, 6.45) is 2.28. The number of hydrogen-bond acceptors (Lipinski definition) is 2. The van der Waals surface area contributed by atoms with Gasteiger partial charge in [-0.15, -0.1) is 0 Å². The van der Waals surface area contributed by atoms with Gasteiger partial charge in [0.25, 0.3) is 0 Å². The van der Waals surface area contributed by atoms with Crippen LogP contribution in [0.3, 0.4) is 0 Å². The Morgan fingerprint density at radius 2 is 2.08 bits per heavy atom. The van der Waals surface area contributed by atoms with Crippen LogP contribution in [0, 0.1) is 0 Å². The fraction of sp³-hybridized carbons (Fsp3) is 0.455. The van der Waals surface area contributed by atoms with Crippen molar-refractivity contribution in [1.29, 1.82) is 0 Å². The van der Waals surface area contributed by atoms with Crippen molar-refractivity contribution in [2.24, 2.45) is 0 Å². The highest BCUT2D eigenvalue weighted by Gasteiger charge is 2.19. The smallest absolute Gasteiger partial charge is 0.119 e. The second-order valence-corrected chi connectivity index (χ2v) is 3.53. The molecule has 0 fully saturated rings. The number of methoxy groups -OCH3 is 1. The molecule has 1 aromatic carbocycles. The number of fused-ring (bicyclic) bond motifs is 1. The zero-order chi connectivity index (χ0) is 9.26. The second-order valence-electron chi connectivity index (χ2n) is 3.53. The first-order valence-corrected chi connectivity index (χ1v) is 4.66. The maximum absolute atomic E-state index is 5.19. The quantitative estimate of drug-likeness (QED) is 0.737. The lowest BCUT2D eigenvalue weighted by Crippen LogP contribution is -2.24. The fourth-order valence-corrected chi connectivity index (χ4v) is 1.93. The largest absolute Gasteiger partial charge is 0.497 e. The monoisotopic (exact) mass is 177 g/mol. The van der Waals surface area contributed by atoms with Gasteiger partial charge in [0.05, 0.1) is 7.11 Å². The molecule has 1 aliphatic carbocycles. The van der Waals surface area contributed by atoms with Gasteiger partial charge in [-0.2, -0.15) is 0 Å². The molecule has 0 aromatic heterocycles. The molecule has 2 rings (SSSR count). The zero-order valence-electron chi connectivity index (χ0n) is 8.13. The Labute approximate surface area is 78.9 Å². The second kappa shape index (κ2) is 3.38. The van der Waals surface area contributed by atoms with E-state index in [0.717, 1.165) is 18.6 Å². The van der Waals surface area contributed by atoms with Crippen molar-refractivity contribution in [3.8, 4) is 5.75 Å². The third-order valence-electron chi connectivity index (χ3n) is 2.75. The maximum atomic E-state index is 5.19. The molecular formula is C11H15NO. The minimum atomic E-state index is 0.613. The highest BCUT2D eigenvalue weighted by Crippen LogP contribution is 2.25. The minimum Gasteiger partial charge on any atom is -0.497 e. The number of benzene rings is 1. The van der Waals surface area contributed by atoms with Gasteiger partial charge in [0.2, 0.25) is 0 Å². The van der Waals surface area contributed by atoms with Crippen LogP contribution in [0.15, 0.2) is 18.2 Å². The summed E-state index contributed by atoms with van der Waals surface area (Å²) in [4.78, 5) is 0. The third-order valence-corrected chi connectivity index (χ3v) is 2.75. The van der Waals surface area contributed by atoms with Gasteiger partial charge in [0.1, 0.15) is 5.75 Å². The number of likely N-dealkylation sites (N-methyl/N-ethyl adjacent to an activating group) is 1. The van der Waals surface area contributed by atoms with Gasteiger partial charge in [-0.05, 0) is 43.1 Å². The molecule has 2 nitrogen and oxygen atoms in total. The fourth-order valence-electron chi connectivity index (χ4n) is 1.93. The van der Waals surface area contributed by atoms with Crippen LogP contribution in [0.4, 0.5) is 0 Å². The van der Waals surface area contributed by atoms with Crippen molar-refractivity contribution in [2.45, 2.75) is 18.9 Å². The molecule has 0 amide bonds. The standard InChI is InChI=1S/C11H15NO/c1-12-10-5-8-3-4-11(13-2)7-9(8)6-10/h3-4,7,10,12H,5-6H2,1-2H3/t10-/m1/s1. The number of ether oxygens (including phenoxy) is 1. The molecular weight excluding hydrogens is 162 g/mol. The molecule has 2 heteroatoms. The Hall–Kier alpha value is -1.02. The van der Waals surface area contributed by atoms with E-state index in [1.807, 2.05) is 13.1 Å². The van der Waals surface area contributed by atoms with Crippen LogP contribution >= 0.6 is 0 Å². The topological polar surface area (TPSA) is 21.3 Å². The zero-order valence-corrected chi connectivity index (χ0v) is 8.13. The lowest BCUT2D eigenvalue weighted by molar-refractivity contribution is 0.414. The van der Waals surface area contributed by atoms with E-state index in [-0.39, 0.29) is 0 Å². The predicted octanol–water partition coefficient (Wildman–Crippen LogP) is 1.38. The molecule has 0 radical (unpaired) electrons. The molecule has 0 unspecified atom stereocenters. The summed E-state index contributed by atoms with van der Waals surface area (Å²) >= 11 is 0. The van der Waals surface area contributed by atoms with E-state index in [1.165, 1.54) is 11.1 Å². The summed E-state index contributed by atoms with van der Waals surface area (Å²) in [6, 6.07) is 6.97. The van der Waals surface area contributed by atoms with E-state index < -0.39 is 0 Å². The first-order chi connectivity index (χ1) is 6.33. The molecule has 13 heavy (non-hydrogen) atoms. The average molecular weight is 177 g/mol. The Morgan fingerprint density at radius 3 is 2.77 bits per heavy atom. The van der Waals surface area contributed by atoms with Crippen LogP contribution in [0.5, 0.6) is 5.75 Å². The first-order valence-electron chi connectivity index (χ1n) is 4.66. The summed E-state index contributed by atoms with van der Waals surface area (Å²) in [6.45, 7) is 0. The number of nitrogens with one attached hydrogen (secondary N) is 1. The van der Waals surface area contributed by atoms with E-state index in [1.54, 1.807) is 7.11 Å². The molecule has 0 aliphatic heterocycles. The SMILES string of the molecule is CN[C@@H]1Cc2ccc(OC)cc2C1. The summed E-state index contributed by atoms with van der Waals surface area (Å²) in [7, 11) is 3.74. The summed E-state index contributed by atoms with van der Waals surface area (Å²) in [5.74, 6) is 0.968. The molecule has 1 atom stereocenters. The van der Waals surface area contributed by atoms with Crippen molar-refractivity contribution < 1.29 is 4.74 Å². The van der Waals surface area contributed by atoms with Gasteiger partial charge in [-0.3, -0.25) is 0 Å². The molecule has 0 bridgehead atoms. The van der Waals surface area contributed by atoms with Crippen molar-refractivity contribution in [3.63, 3.8) is 0 Å². The van der Waals surface area contributed by atoms with Crippen LogP contribution in [0.2, 0.25) is 0 Å².